The van der Waals surface area contributed by atoms with Crippen LogP contribution in [0.3, 0.4) is 0 Å². The zero-order valence-corrected chi connectivity index (χ0v) is 5.87. The predicted molar refractivity (Wildman–Crippen MR) is 34.3 cm³/mol. The van der Waals surface area contributed by atoms with Crippen LogP contribution in [-0.4, -0.2) is 18.1 Å². The molecule has 1 atom stereocenters. The zero-order chi connectivity index (χ0) is 6.04. The van der Waals surface area contributed by atoms with Crippen molar-refractivity contribution in [3.05, 3.63) is 0 Å². The lowest BCUT2D eigenvalue weighted by Crippen LogP contribution is -2.44. The van der Waals surface area contributed by atoms with Gasteiger partial charge in [-0.3, -0.25) is 0 Å². The van der Waals surface area contributed by atoms with Crippen molar-refractivity contribution in [2.75, 3.05) is 12.5 Å². The number of halogens is 1. The first-order valence-corrected chi connectivity index (χ1v) is 3.56. The fourth-order valence-electron chi connectivity index (χ4n) is 0.869. The van der Waals surface area contributed by atoms with E-state index in [1.165, 1.54) is 0 Å². The van der Waals surface area contributed by atoms with Crippen LogP contribution in [0.15, 0.2) is 0 Å². The van der Waals surface area contributed by atoms with Crippen LogP contribution in [0.5, 0.6) is 0 Å². The van der Waals surface area contributed by atoms with Crippen LogP contribution in [0.4, 0.5) is 0 Å². The third-order valence-electron chi connectivity index (χ3n) is 1.85. The molecule has 0 aromatic carbocycles. The summed E-state index contributed by atoms with van der Waals surface area (Å²) in [7, 11) is 0. The highest BCUT2D eigenvalue weighted by atomic mass is 35.5. The maximum atomic E-state index is 5.64. The van der Waals surface area contributed by atoms with Crippen molar-refractivity contribution < 1.29 is 4.74 Å². The third-order valence-corrected chi connectivity index (χ3v) is 2.34. The van der Waals surface area contributed by atoms with E-state index in [9.17, 15) is 0 Å². The van der Waals surface area contributed by atoms with E-state index in [-0.39, 0.29) is 5.60 Å². The van der Waals surface area contributed by atoms with Gasteiger partial charge in [-0.15, -0.1) is 11.6 Å². The second-order valence-corrected chi connectivity index (χ2v) is 2.54. The molecule has 0 aromatic rings. The molecule has 1 heterocycles. The minimum atomic E-state index is 0.0710. The Morgan fingerprint density at radius 3 is 2.38 bits per heavy atom. The molecule has 0 radical (unpaired) electrons. The van der Waals surface area contributed by atoms with E-state index in [0.29, 0.717) is 5.88 Å². The Hall–Kier alpha value is 0.250. The molecule has 2 heteroatoms. The van der Waals surface area contributed by atoms with Crippen LogP contribution in [0.2, 0.25) is 0 Å². The standard InChI is InChI=1S/C6H11ClO/c1-2-6(5-7)3-4-8-6/h2-5H2,1H3. The first kappa shape index (κ1) is 6.37. The molecule has 1 rings (SSSR count). The van der Waals surface area contributed by atoms with Gasteiger partial charge in [0.05, 0.1) is 18.1 Å². The Morgan fingerprint density at radius 2 is 2.38 bits per heavy atom. The van der Waals surface area contributed by atoms with Gasteiger partial charge in [0.1, 0.15) is 0 Å². The Balaban J connectivity index is 2.33. The second-order valence-electron chi connectivity index (χ2n) is 2.27. The molecule has 0 aromatic heterocycles. The first-order valence-electron chi connectivity index (χ1n) is 3.03. The molecule has 0 bridgehead atoms. The number of alkyl halides is 1. The smallest absolute Gasteiger partial charge is 0.0836 e. The summed E-state index contributed by atoms with van der Waals surface area (Å²) in [4.78, 5) is 0. The summed E-state index contributed by atoms with van der Waals surface area (Å²) in [5.74, 6) is 0.656. The number of hydrogen-bond acceptors (Lipinski definition) is 1. The highest BCUT2D eigenvalue weighted by Gasteiger charge is 2.35. The van der Waals surface area contributed by atoms with Crippen LogP contribution in [-0.2, 0) is 4.74 Å². The van der Waals surface area contributed by atoms with Crippen molar-refractivity contribution in [1.82, 2.24) is 0 Å². The van der Waals surface area contributed by atoms with Crippen LogP contribution in [0.1, 0.15) is 19.8 Å². The van der Waals surface area contributed by atoms with Gasteiger partial charge in [-0.1, -0.05) is 6.92 Å². The second kappa shape index (κ2) is 2.24. The lowest BCUT2D eigenvalue weighted by molar-refractivity contribution is -0.132. The molecule has 1 aliphatic heterocycles. The lowest BCUT2D eigenvalue weighted by Gasteiger charge is -2.39. The molecule has 1 saturated heterocycles. The van der Waals surface area contributed by atoms with Crippen LogP contribution in [0.25, 0.3) is 0 Å². The topological polar surface area (TPSA) is 9.23 Å². The molecule has 0 saturated carbocycles. The van der Waals surface area contributed by atoms with Crippen LogP contribution < -0.4 is 0 Å². The minimum absolute atomic E-state index is 0.0710. The molecule has 0 N–H and O–H groups in total. The van der Waals surface area contributed by atoms with Gasteiger partial charge in [0.2, 0.25) is 0 Å². The molecule has 48 valence electrons. The minimum Gasteiger partial charge on any atom is -0.374 e. The summed E-state index contributed by atoms with van der Waals surface area (Å²) < 4.78 is 5.28. The monoisotopic (exact) mass is 134 g/mol. The Bertz CT molecular complexity index is 65.1. The van der Waals surface area contributed by atoms with Crippen molar-refractivity contribution in [2.45, 2.75) is 25.4 Å². The van der Waals surface area contributed by atoms with Gasteiger partial charge < -0.3 is 4.74 Å². The molecule has 0 amide bonds. The highest BCUT2D eigenvalue weighted by Crippen LogP contribution is 2.30. The van der Waals surface area contributed by atoms with E-state index in [1.807, 2.05) is 0 Å². The largest absolute Gasteiger partial charge is 0.374 e. The normalized spacial score (nSPS) is 36.8. The van der Waals surface area contributed by atoms with Crippen molar-refractivity contribution in [2.24, 2.45) is 0 Å². The molecule has 1 fully saturated rings. The van der Waals surface area contributed by atoms with Gasteiger partial charge in [-0.05, 0) is 6.42 Å². The summed E-state index contributed by atoms with van der Waals surface area (Å²) in [5.41, 5.74) is 0.0710. The van der Waals surface area contributed by atoms with E-state index in [2.05, 4.69) is 6.92 Å². The highest BCUT2D eigenvalue weighted by molar-refractivity contribution is 6.18. The Morgan fingerprint density at radius 1 is 1.75 bits per heavy atom. The van der Waals surface area contributed by atoms with Gasteiger partial charge >= 0.3 is 0 Å². The Labute approximate surface area is 55.0 Å². The van der Waals surface area contributed by atoms with Crippen molar-refractivity contribution in [3.63, 3.8) is 0 Å². The summed E-state index contributed by atoms with van der Waals surface area (Å²) in [6.07, 6.45) is 2.20. The fourth-order valence-corrected chi connectivity index (χ4v) is 1.27. The Kier molecular flexibility index (Phi) is 1.78. The SMILES string of the molecule is CCC1(CCl)CCO1. The first-order chi connectivity index (χ1) is 3.83. The van der Waals surface area contributed by atoms with Gasteiger partial charge in [-0.2, -0.15) is 0 Å². The van der Waals surface area contributed by atoms with Crippen molar-refractivity contribution >= 4 is 11.6 Å². The summed E-state index contributed by atoms with van der Waals surface area (Å²) in [5, 5.41) is 0. The average Bonchev–Trinajstić information content (AvgIpc) is 1.67. The zero-order valence-electron chi connectivity index (χ0n) is 5.11. The fraction of sp³-hybridized carbons (Fsp3) is 1.00. The number of hydrogen-bond donors (Lipinski definition) is 0. The van der Waals surface area contributed by atoms with Crippen molar-refractivity contribution in [1.29, 1.82) is 0 Å². The molecule has 0 aliphatic carbocycles. The summed E-state index contributed by atoms with van der Waals surface area (Å²) >= 11 is 5.64. The number of rotatable bonds is 2. The van der Waals surface area contributed by atoms with Gasteiger partial charge in [0.15, 0.2) is 0 Å². The molecule has 0 spiro atoms. The van der Waals surface area contributed by atoms with E-state index in [0.717, 1.165) is 19.4 Å². The predicted octanol–water partition coefficient (Wildman–Crippen LogP) is 1.79. The van der Waals surface area contributed by atoms with E-state index in [1.54, 1.807) is 0 Å². The molecule has 8 heavy (non-hydrogen) atoms. The average molecular weight is 135 g/mol. The maximum absolute atomic E-state index is 5.64. The van der Waals surface area contributed by atoms with Gasteiger partial charge in [-0.25, -0.2) is 0 Å². The van der Waals surface area contributed by atoms with Gasteiger partial charge in [0.25, 0.3) is 0 Å². The van der Waals surface area contributed by atoms with E-state index < -0.39 is 0 Å². The molecular weight excluding hydrogens is 124 g/mol. The lowest BCUT2D eigenvalue weighted by atomic mass is 9.94. The molecule has 1 unspecified atom stereocenters. The number of ether oxygens (including phenoxy) is 1. The molecule has 1 aliphatic rings. The van der Waals surface area contributed by atoms with Crippen LogP contribution in [0, 0.1) is 0 Å². The van der Waals surface area contributed by atoms with E-state index in [4.69, 9.17) is 16.3 Å². The van der Waals surface area contributed by atoms with Gasteiger partial charge in [0, 0.05) is 6.42 Å². The van der Waals surface area contributed by atoms with E-state index >= 15 is 0 Å². The third kappa shape index (κ3) is 0.848. The maximum Gasteiger partial charge on any atom is 0.0836 e. The molecule has 1 nitrogen and oxygen atoms in total. The summed E-state index contributed by atoms with van der Waals surface area (Å²) in [6.45, 7) is 3.02. The molecular formula is C6H11ClO. The summed E-state index contributed by atoms with van der Waals surface area (Å²) in [6, 6.07) is 0. The quantitative estimate of drug-likeness (QED) is 0.524. The van der Waals surface area contributed by atoms with Crippen molar-refractivity contribution in [3.8, 4) is 0 Å². The van der Waals surface area contributed by atoms with Crippen LogP contribution >= 0.6 is 11.6 Å².